The molecule has 1 rings (SSSR count). The van der Waals surface area contributed by atoms with Crippen LogP contribution in [0.25, 0.3) is 6.08 Å². The molecule has 0 aliphatic carbocycles. The van der Waals surface area contributed by atoms with Gasteiger partial charge in [-0.25, -0.2) is 0 Å². The zero-order valence-electron chi connectivity index (χ0n) is 12.8. The number of hydrogen-bond acceptors (Lipinski definition) is 3. The molecule has 110 valence electrons. The molecule has 0 heterocycles. The first-order valence-corrected chi connectivity index (χ1v) is 6.63. The van der Waals surface area contributed by atoms with Crippen LogP contribution < -0.4 is 9.47 Å². The molecule has 20 heavy (non-hydrogen) atoms. The normalized spacial score (nSPS) is 10.9. The van der Waals surface area contributed by atoms with E-state index in [1.54, 1.807) is 44.4 Å². The molecule has 0 saturated carbocycles. The third-order valence-corrected chi connectivity index (χ3v) is 2.86. The highest BCUT2D eigenvalue weighted by molar-refractivity contribution is 5.92. The van der Waals surface area contributed by atoms with Crippen molar-refractivity contribution in [3.8, 4) is 11.5 Å². The molecule has 0 aliphatic rings. The van der Waals surface area contributed by atoms with Crippen LogP contribution in [0.5, 0.6) is 11.5 Å². The van der Waals surface area contributed by atoms with E-state index in [0.29, 0.717) is 11.7 Å². The number of hydrogen-bond donors (Lipinski definition) is 0. The van der Waals surface area contributed by atoms with Crippen LogP contribution in [-0.2, 0) is 4.79 Å². The van der Waals surface area contributed by atoms with E-state index >= 15 is 0 Å². The Morgan fingerprint density at radius 1 is 1.30 bits per heavy atom. The maximum atomic E-state index is 11.9. The molecule has 0 atom stereocenters. The number of likely N-dealkylation sites (N-methyl/N-ethyl adjacent to an activating group) is 1. The first-order valence-electron chi connectivity index (χ1n) is 6.63. The van der Waals surface area contributed by atoms with Gasteiger partial charge in [0.15, 0.2) is 0 Å². The molecular weight excluding hydrogens is 254 g/mol. The van der Waals surface area contributed by atoms with Crippen molar-refractivity contribution in [2.75, 3.05) is 27.8 Å². The number of benzene rings is 1. The summed E-state index contributed by atoms with van der Waals surface area (Å²) in [6.45, 7) is 4.91. The molecule has 4 heteroatoms. The Hall–Kier alpha value is -1.97. The summed E-state index contributed by atoms with van der Waals surface area (Å²) in [5, 5.41) is 0. The number of ether oxygens (including phenoxy) is 2. The molecule has 0 spiro atoms. The Bertz CT molecular complexity index is 481. The van der Waals surface area contributed by atoms with E-state index in [1.807, 2.05) is 12.1 Å². The van der Waals surface area contributed by atoms with Crippen LogP contribution in [0.4, 0.5) is 0 Å². The minimum atomic E-state index is -0.0171. The van der Waals surface area contributed by atoms with Crippen LogP contribution in [0, 0.1) is 5.92 Å². The minimum Gasteiger partial charge on any atom is -0.497 e. The van der Waals surface area contributed by atoms with Crippen molar-refractivity contribution in [1.29, 1.82) is 0 Å². The highest BCUT2D eigenvalue weighted by atomic mass is 16.5. The van der Waals surface area contributed by atoms with E-state index in [0.717, 1.165) is 17.9 Å². The van der Waals surface area contributed by atoms with Gasteiger partial charge in [0, 0.05) is 31.3 Å². The van der Waals surface area contributed by atoms with Gasteiger partial charge in [-0.2, -0.15) is 0 Å². The van der Waals surface area contributed by atoms with Gasteiger partial charge in [0.25, 0.3) is 0 Å². The number of rotatable bonds is 6. The van der Waals surface area contributed by atoms with Crippen molar-refractivity contribution in [3.63, 3.8) is 0 Å². The van der Waals surface area contributed by atoms with Gasteiger partial charge in [0.05, 0.1) is 14.2 Å². The van der Waals surface area contributed by atoms with Crippen LogP contribution in [0.15, 0.2) is 24.3 Å². The van der Waals surface area contributed by atoms with Crippen molar-refractivity contribution < 1.29 is 14.3 Å². The quantitative estimate of drug-likeness (QED) is 0.751. The van der Waals surface area contributed by atoms with Crippen molar-refractivity contribution in [2.45, 2.75) is 13.8 Å². The topological polar surface area (TPSA) is 38.8 Å². The number of carbonyl (C=O) groups is 1. The van der Waals surface area contributed by atoms with Crippen LogP contribution in [-0.4, -0.2) is 38.6 Å². The molecule has 1 aromatic carbocycles. The van der Waals surface area contributed by atoms with E-state index in [1.165, 1.54) is 0 Å². The summed E-state index contributed by atoms with van der Waals surface area (Å²) in [6.07, 6.45) is 3.32. The van der Waals surface area contributed by atoms with Gasteiger partial charge in [-0.15, -0.1) is 0 Å². The molecule has 0 radical (unpaired) electrons. The van der Waals surface area contributed by atoms with Crippen molar-refractivity contribution in [3.05, 3.63) is 29.8 Å². The molecule has 0 fully saturated rings. The molecule has 1 aromatic rings. The largest absolute Gasteiger partial charge is 0.497 e. The number of methoxy groups -OCH3 is 2. The van der Waals surface area contributed by atoms with Crippen LogP contribution in [0.2, 0.25) is 0 Å². The van der Waals surface area contributed by atoms with Crippen LogP contribution >= 0.6 is 0 Å². The molecule has 0 aromatic heterocycles. The Morgan fingerprint density at radius 2 is 2.00 bits per heavy atom. The lowest BCUT2D eigenvalue weighted by atomic mass is 10.1. The minimum absolute atomic E-state index is 0.0171. The summed E-state index contributed by atoms with van der Waals surface area (Å²) in [5.74, 6) is 1.84. The summed E-state index contributed by atoms with van der Waals surface area (Å²) in [5.41, 5.74) is 0.847. The number of carbonyl (C=O) groups excluding carboxylic acids is 1. The standard InChI is InChI=1S/C16H23NO3/c1-12(2)11-17(3)16(18)9-7-13-6-8-14(19-4)10-15(13)20-5/h6-10,12H,11H2,1-5H3/b9-7+. The number of nitrogens with zero attached hydrogens (tertiary/aromatic N) is 1. The molecule has 0 bridgehead atoms. The summed E-state index contributed by atoms with van der Waals surface area (Å²) >= 11 is 0. The van der Waals surface area contributed by atoms with Crippen molar-refractivity contribution >= 4 is 12.0 Å². The van der Waals surface area contributed by atoms with Gasteiger partial charge < -0.3 is 14.4 Å². The molecule has 0 unspecified atom stereocenters. The fourth-order valence-corrected chi connectivity index (χ4v) is 1.88. The number of amides is 1. The molecule has 0 saturated heterocycles. The maximum Gasteiger partial charge on any atom is 0.246 e. The van der Waals surface area contributed by atoms with Gasteiger partial charge in [-0.1, -0.05) is 13.8 Å². The predicted molar refractivity (Wildman–Crippen MR) is 81.1 cm³/mol. The average Bonchev–Trinajstić information content (AvgIpc) is 2.43. The lowest BCUT2D eigenvalue weighted by Gasteiger charge is -2.17. The van der Waals surface area contributed by atoms with E-state index in [9.17, 15) is 4.79 Å². The fourth-order valence-electron chi connectivity index (χ4n) is 1.88. The molecular formula is C16H23NO3. The first-order chi connectivity index (χ1) is 9.47. The van der Waals surface area contributed by atoms with E-state index in [-0.39, 0.29) is 5.91 Å². The van der Waals surface area contributed by atoms with E-state index in [4.69, 9.17) is 9.47 Å². The Kier molecular flexibility index (Phi) is 6.10. The SMILES string of the molecule is COc1ccc(/C=C/C(=O)N(C)CC(C)C)c(OC)c1. The predicted octanol–water partition coefficient (Wildman–Crippen LogP) is 2.83. The lowest BCUT2D eigenvalue weighted by molar-refractivity contribution is -0.125. The summed E-state index contributed by atoms with van der Waals surface area (Å²) < 4.78 is 10.4. The summed E-state index contributed by atoms with van der Waals surface area (Å²) in [6, 6.07) is 5.50. The zero-order valence-corrected chi connectivity index (χ0v) is 12.8. The maximum absolute atomic E-state index is 11.9. The molecule has 0 N–H and O–H groups in total. The molecule has 4 nitrogen and oxygen atoms in total. The second kappa shape index (κ2) is 7.58. The van der Waals surface area contributed by atoms with Gasteiger partial charge in [0.2, 0.25) is 5.91 Å². The van der Waals surface area contributed by atoms with Crippen LogP contribution in [0.1, 0.15) is 19.4 Å². The molecule has 0 aliphatic heterocycles. The summed E-state index contributed by atoms with van der Waals surface area (Å²) in [4.78, 5) is 13.7. The van der Waals surface area contributed by atoms with E-state index < -0.39 is 0 Å². The first kappa shape index (κ1) is 16.1. The lowest BCUT2D eigenvalue weighted by Crippen LogP contribution is -2.28. The second-order valence-corrected chi connectivity index (χ2v) is 5.05. The Morgan fingerprint density at radius 3 is 2.55 bits per heavy atom. The second-order valence-electron chi connectivity index (χ2n) is 5.05. The third kappa shape index (κ3) is 4.61. The van der Waals surface area contributed by atoms with E-state index in [2.05, 4.69) is 13.8 Å². The summed E-state index contributed by atoms with van der Waals surface area (Å²) in [7, 11) is 5.01. The zero-order chi connectivity index (χ0) is 15.1. The highest BCUT2D eigenvalue weighted by Gasteiger charge is 2.07. The van der Waals surface area contributed by atoms with Gasteiger partial charge >= 0.3 is 0 Å². The van der Waals surface area contributed by atoms with Crippen molar-refractivity contribution in [2.24, 2.45) is 5.92 Å². The van der Waals surface area contributed by atoms with Crippen molar-refractivity contribution in [1.82, 2.24) is 4.90 Å². The van der Waals surface area contributed by atoms with Crippen LogP contribution in [0.3, 0.4) is 0 Å². The smallest absolute Gasteiger partial charge is 0.246 e. The Labute approximate surface area is 121 Å². The fraction of sp³-hybridized carbons (Fsp3) is 0.438. The molecule has 1 amide bonds. The Balaban J connectivity index is 2.81. The van der Waals surface area contributed by atoms with Gasteiger partial charge in [-0.3, -0.25) is 4.79 Å². The highest BCUT2D eigenvalue weighted by Crippen LogP contribution is 2.25. The third-order valence-electron chi connectivity index (χ3n) is 2.86. The van der Waals surface area contributed by atoms with Gasteiger partial charge in [0.1, 0.15) is 11.5 Å². The van der Waals surface area contributed by atoms with Gasteiger partial charge in [-0.05, 0) is 24.1 Å². The monoisotopic (exact) mass is 277 g/mol. The average molecular weight is 277 g/mol.